The number of ether oxygens (including phenoxy) is 3. The minimum atomic E-state index is -1.08. The molecule has 12 nitrogen and oxygen atoms in total. The summed E-state index contributed by atoms with van der Waals surface area (Å²) < 4.78 is 14.4. The minimum Gasteiger partial charge on any atom is -0.469 e. The fraction of sp³-hybridized carbons (Fsp3) is 0.300. The summed E-state index contributed by atoms with van der Waals surface area (Å²) in [6.07, 6.45) is 1.32. The van der Waals surface area contributed by atoms with E-state index in [1.54, 1.807) is 54.6 Å². The van der Waals surface area contributed by atoms with Gasteiger partial charge in [-0.2, -0.15) is 0 Å². The van der Waals surface area contributed by atoms with Crippen LogP contribution in [-0.4, -0.2) is 67.3 Å². The first kappa shape index (κ1) is 33.9. The molecule has 0 saturated carbocycles. The van der Waals surface area contributed by atoms with Crippen LogP contribution in [0.2, 0.25) is 0 Å². The van der Waals surface area contributed by atoms with Crippen LogP contribution in [0.4, 0.5) is 5.69 Å². The van der Waals surface area contributed by atoms with Crippen molar-refractivity contribution in [2.45, 2.75) is 38.3 Å². The van der Waals surface area contributed by atoms with Gasteiger partial charge in [-0.1, -0.05) is 48.2 Å². The van der Waals surface area contributed by atoms with E-state index in [4.69, 9.17) is 17.0 Å². The Kier molecular flexibility index (Phi) is 12.6. The van der Waals surface area contributed by atoms with Crippen molar-refractivity contribution < 1.29 is 43.0 Å². The largest absolute Gasteiger partial charge is 0.469 e. The smallest absolute Gasteiger partial charge is 0.328 e. The Bertz CT molecular complexity index is 1470. The Hall–Kier alpha value is -4.56. The van der Waals surface area contributed by atoms with Crippen LogP contribution in [-0.2, 0) is 44.7 Å². The van der Waals surface area contributed by atoms with Gasteiger partial charge in [0.1, 0.15) is 10.4 Å². The number of nitrogens with zero attached hydrogens (tertiary/aromatic N) is 1. The van der Waals surface area contributed by atoms with E-state index in [1.165, 1.54) is 26.2 Å². The molecule has 1 heterocycles. The molecule has 2 aromatic rings. The molecular weight excluding hydrogens is 610 g/mol. The first-order valence-corrected chi connectivity index (χ1v) is 14.5. The van der Waals surface area contributed by atoms with E-state index in [0.717, 1.165) is 11.8 Å². The summed E-state index contributed by atoms with van der Waals surface area (Å²) in [7, 11) is 3.64. The van der Waals surface area contributed by atoms with Crippen LogP contribution in [0.25, 0.3) is 6.08 Å². The highest BCUT2D eigenvalue weighted by Crippen LogP contribution is 2.27. The molecular formula is C30H31N3O9S2. The van der Waals surface area contributed by atoms with Crippen molar-refractivity contribution in [1.29, 1.82) is 0 Å². The van der Waals surface area contributed by atoms with Gasteiger partial charge >= 0.3 is 17.9 Å². The molecule has 0 unspecified atom stereocenters. The van der Waals surface area contributed by atoms with Gasteiger partial charge in [0.2, 0.25) is 5.91 Å². The SMILES string of the molecule is COC(=O)CCC(=O)N(Cc1cccc(C(=O)N[C@H](CCC(=O)OC)C(=O)OC)c1)c1ccc(/C=C2\SC(=S)NC2=O)cc1. The number of methoxy groups -OCH3 is 3. The molecule has 2 N–H and O–H groups in total. The number of anilines is 1. The second-order valence-electron chi connectivity index (χ2n) is 9.36. The number of thiocarbonyl (C=S) groups is 1. The summed E-state index contributed by atoms with van der Waals surface area (Å²) >= 11 is 6.18. The van der Waals surface area contributed by atoms with Gasteiger partial charge in [0.25, 0.3) is 11.8 Å². The molecule has 0 radical (unpaired) electrons. The van der Waals surface area contributed by atoms with Crippen molar-refractivity contribution >= 4 is 75.7 Å². The van der Waals surface area contributed by atoms with Crippen LogP contribution in [0.15, 0.2) is 53.4 Å². The number of nitrogens with one attached hydrogen (secondary N) is 2. The number of carbonyl (C=O) groups is 6. The highest BCUT2D eigenvalue weighted by atomic mass is 32.2. The van der Waals surface area contributed by atoms with Crippen LogP contribution in [0.1, 0.15) is 47.2 Å². The van der Waals surface area contributed by atoms with Crippen LogP contribution in [0.3, 0.4) is 0 Å². The first-order valence-electron chi connectivity index (χ1n) is 13.3. The molecule has 1 atom stereocenters. The molecule has 1 aliphatic heterocycles. The second-order valence-corrected chi connectivity index (χ2v) is 11.1. The van der Waals surface area contributed by atoms with Gasteiger partial charge in [0.15, 0.2) is 0 Å². The van der Waals surface area contributed by atoms with Gasteiger partial charge in [-0.05, 0) is 47.9 Å². The van der Waals surface area contributed by atoms with E-state index in [-0.39, 0.29) is 49.6 Å². The van der Waals surface area contributed by atoms with E-state index >= 15 is 0 Å². The Labute approximate surface area is 263 Å². The quantitative estimate of drug-likeness (QED) is 0.143. The van der Waals surface area contributed by atoms with Crippen LogP contribution >= 0.6 is 24.0 Å². The summed E-state index contributed by atoms with van der Waals surface area (Å²) in [5.41, 5.74) is 2.03. The third kappa shape index (κ3) is 9.74. The van der Waals surface area contributed by atoms with Crippen LogP contribution in [0.5, 0.6) is 0 Å². The number of hydrogen-bond donors (Lipinski definition) is 2. The summed E-state index contributed by atoms with van der Waals surface area (Å²) in [6, 6.07) is 12.3. The van der Waals surface area contributed by atoms with Gasteiger partial charge in [-0.25, -0.2) is 4.79 Å². The molecule has 0 aliphatic carbocycles. The fourth-order valence-electron chi connectivity index (χ4n) is 4.08. The minimum absolute atomic E-state index is 0.0179. The average molecular weight is 642 g/mol. The van der Waals surface area contributed by atoms with E-state index in [1.807, 2.05) is 0 Å². The van der Waals surface area contributed by atoms with Crippen molar-refractivity contribution in [2.75, 3.05) is 26.2 Å². The van der Waals surface area contributed by atoms with Gasteiger partial charge < -0.3 is 29.7 Å². The fourth-order valence-corrected chi connectivity index (χ4v) is 5.13. The number of carbonyl (C=O) groups excluding carboxylic acids is 6. The van der Waals surface area contributed by atoms with E-state index in [0.29, 0.717) is 26.0 Å². The summed E-state index contributed by atoms with van der Waals surface area (Å²) in [5, 5.41) is 5.14. The number of amides is 3. The zero-order valence-electron chi connectivity index (χ0n) is 24.2. The molecule has 2 aromatic carbocycles. The molecule has 0 spiro atoms. The molecule has 0 aromatic heterocycles. The average Bonchev–Trinajstić information content (AvgIpc) is 3.35. The van der Waals surface area contributed by atoms with Gasteiger partial charge in [-0.3, -0.25) is 24.0 Å². The lowest BCUT2D eigenvalue weighted by Crippen LogP contribution is -2.42. The molecule has 232 valence electrons. The third-order valence-corrected chi connectivity index (χ3v) is 7.56. The van der Waals surface area contributed by atoms with Gasteiger partial charge in [0, 0.05) is 24.1 Å². The predicted molar refractivity (Wildman–Crippen MR) is 166 cm³/mol. The first-order chi connectivity index (χ1) is 21.0. The molecule has 0 bridgehead atoms. The zero-order chi connectivity index (χ0) is 32.2. The molecule has 1 fully saturated rings. The van der Waals surface area contributed by atoms with Crippen molar-refractivity contribution in [1.82, 2.24) is 10.6 Å². The summed E-state index contributed by atoms with van der Waals surface area (Å²) in [4.78, 5) is 75.8. The third-order valence-electron chi connectivity index (χ3n) is 6.40. The maximum Gasteiger partial charge on any atom is 0.328 e. The number of rotatable bonds is 13. The molecule has 3 amide bonds. The summed E-state index contributed by atoms with van der Waals surface area (Å²) in [6.45, 7) is 0.0524. The molecule has 14 heteroatoms. The standard InChI is InChI=1S/C30H31N3O9S2/c1-40-25(35)13-11-22(29(39)42-3)31-27(37)20-6-4-5-19(15-20)17-33(24(34)12-14-26(36)41-2)21-9-7-18(8-10-21)16-23-28(38)32-30(43)44-23/h4-10,15-16,22H,11-14,17H2,1-3H3,(H,31,37)(H,32,38,43)/b23-16-/t22-/m1/s1. The molecule has 44 heavy (non-hydrogen) atoms. The normalized spacial score (nSPS) is 13.9. The number of hydrogen-bond acceptors (Lipinski definition) is 11. The highest BCUT2D eigenvalue weighted by Gasteiger charge is 2.25. The topological polar surface area (TPSA) is 157 Å². The number of benzene rings is 2. The van der Waals surface area contributed by atoms with Crippen LogP contribution < -0.4 is 15.5 Å². The van der Waals surface area contributed by atoms with E-state index in [9.17, 15) is 28.8 Å². The van der Waals surface area contributed by atoms with Crippen molar-refractivity contribution in [3.05, 3.63) is 70.1 Å². The highest BCUT2D eigenvalue weighted by molar-refractivity contribution is 8.26. The maximum atomic E-state index is 13.3. The number of thioether (sulfide) groups is 1. The number of esters is 3. The molecule has 3 rings (SSSR count). The Morgan fingerprint density at radius 2 is 1.64 bits per heavy atom. The lowest BCUT2D eigenvalue weighted by atomic mass is 10.1. The maximum absolute atomic E-state index is 13.3. The van der Waals surface area contributed by atoms with Crippen LogP contribution in [0, 0.1) is 0 Å². The molecule has 1 saturated heterocycles. The van der Waals surface area contributed by atoms with Crippen molar-refractivity contribution in [3.63, 3.8) is 0 Å². The van der Waals surface area contributed by atoms with Gasteiger partial charge in [-0.15, -0.1) is 0 Å². The Balaban J connectivity index is 1.82. The van der Waals surface area contributed by atoms with E-state index in [2.05, 4.69) is 20.1 Å². The predicted octanol–water partition coefficient (Wildman–Crippen LogP) is 2.89. The van der Waals surface area contributed by atoms with Crippen molar-refractivity contribution in [2.24, 2.45) is 0 Å². The van der Waals surface area contributed by atoms with Crippen molar-refractivity contribution in [3.8, 4) is 0 Å². The lowest BCUT2D eigenvalue weighted by Gasteiger charge is -2.24. The summed E-state index contributed by atoms with van der Waals surface area (Å²) in [5.74, 6) is -3.01. The Morgan fingerprint density at radius 1 is 0.955 bits per heavy atom. The second kappa shape index (κ2) is 16.3. The Morgan fingerprint density at radius 3 is 2.25 bits per heavy atom. The monoisotopic (exact) mass is 641 g/mol. The van der Waals surface area contributed by atoms with Gasteiger partial charge in [0.05, 0.1) is 39.2 Å². The molecule has 1 aliphatic rings. The lowest BCUT2D eigenvalue weighted by molar-refractivity contribution is -0.144. The van der Waals surface area contributed by atoms with E-state index < -0.39 is 29.9 Å². The zero-order valence-corrected chi connectivity index (χ0v) is 25.9.